The van der Waals surface area contributed by atoms with E-state index in [1.54, 1.807) is 0 Å². The number of hydrogen-bond donors (Lipinski definition) is 0. The maximum Gasteiger partial charge on any atom is 0.155 e. The third-order valence-electron chi connectivity index (χ3n) is 1.53. The van der Waals surface area contributed by atoms with Crippen LogP contribution in [0.3, 0.4) is 0 Å². The average Bonchev–Trinajstić information content (AvgIpc) is 2.01. The summed E-state index contributed by atoms with van der Waals surface area (Å²) in [4.78, 5) is 21.4. The van der Waals surface area contributed by atoms with Crippen molar-refractivity contribution in [1.82, 2.24) is 0 Å². The first-order chi connectivity index (χ1) is 5.66. The number of unbranched alkanes of at least 4 members (excludes halogenated alkanes) is 2. The molecule has 0 bridgehead atoms. The summed E-state index contributed by atoms with van der Waals surface area (Å²) < 4.78 is 0. The highest BCUT2D eigenvalue weighted by molar-refractivity contribution is 5.97. The fraction of sp³-hybridized carbons (Fsp3) is 0.600. The highest BCUT2D eigenvalue weighted by atomic mass is 16.1. The van der Waals surface area contributed by atoms with Crippen LogP contribution >= 0.6 is 0 Å². The molecule has 68 valence electrons. The molecular weight excluding hydrogens is 152 g/mol. The van der Waals surface area contributed by atoms with Gasteiger partial charge in [0.2, 0.25) is 0 Å². The van der Waals surface area contributed by atoms with E-state index < -0.39 is 0 Å². The lowest BCUT2D eigenvalue weighted by atomic mass is 10.1. The summed E-state index contributed by atoms with van der Waals surface area (Å²) in [5.41, 5.74) is 0. The van der Waals surface area contributed by atoms with Crippen molar-refractivity contribution in [2.24, 2.45) is 0 Å². The van der Waals surface area contributed by atoms with Crippen LogP contribution in [0.1, 0.15) is 39.5 Å². The standard InChI is InChI=1S/C10H16O2/c1-3-4-5-6-10(12)8-7-9(2)11/h7-8H,3-6H2,1-2H3/b8-7-. The Morgan fingerprint density at radius 2 is 1.83 bits per heavy atom. The zero-order chi connectivity index (χ0) is 9.40. The van der Waals surface area contributed by atoms with E-state index in [1.807, 2.05) is 0 Å². The fourth-order valence-corrected chi connectivity index (χ4v) is 0.843. The molecule has 2 nitrogen and oxygen atoms in total. The molecule has 0 saturated carbocycles. The van der Waals surface area contributed by atoms with Crippen molar-refractivity contribution in [2.75, 3.05) is 0 Å². The molecule has 12 heavy (non-hydrogen) atoms. The van der Waals surface area contributed by atoms with Gasteiger partial charge in [-0.2, -0.15) is 0 Å². The highest BCUT2D eigenvalue weighted by Gasteiger charge is 1.95. The molecule has 0 heterocycles. The van der Waals surface area contributed by atoms with Crippen LogP contribution in [0.2, 0.25) is 0 Å². The Labute approximate surface area is 73.7 Å². The van der Waals surface area contributed by atoms with Crippen molar-refractivity contribution in [3.8, 4) is 0 Å². The van der Waals surface area contributed by atoms with Crippen LogP contribution in [0.25, 0.3) is 0 Å². The molecule has 0 aliphatic carbocycles. The minimum absolute atomic E-state index is 0.0543. The van der Waals surface area contributed by atoms with Crippen molar-refractivity contribution >= 4 is 11.6 Å². The second-order valence-electron chi connectivity index (χ2n) is 2.87. The first kappa shape index (κ1) is 11.1. The van der Waals surface area contributed by atoms with Gasteiger partial charge in [-0.05, 0) is 25.5 Å². The van der Waals surface area contributed by atoms with Crippen LogP contribution in [0, 0.1) is 0 Å². The van der Waals surface area contributed by atoms with Crippen LogP contribution in [-0.2, 0) is 9.59 Å². The van der Waals surface area contributed by atoms with Crippen molar-refractivity contribution in [3.05, 3.63) is 12.2 Å². The molecule has 2 heteroatoms. The van der Waals surface area contributed by atoms with Gasteiger partial charge in [0.1, 0.15) is 0 Å². The Balaban J connectivity index is 3.53. The molecule has 0 aromatic heterocycles. The minimum Gasteiger partial charge on any atom is -0.295 e. The molecule has 0 rings (SSSR count). The molecule has 0 atom stereocenters. The van der Waals surface area contributed by atoms with Crippen molar-refractivity contribution in [3.63, 3.8) is 0 Å². The van der Waals surface area contributed by atoms with Gasteiger partial charge in [-0.3, -0.25) is 9.59 Å². The zero-order valence-corrected chi connectivity index (χ0v) is 7.80. The van der Waals surface area contributed by atoms with Crippen molar-refractivity contribution in [1.29, 1.82) is 0 Å². The molecule has 0 spiro atoms. The van der Waals surface area contributed by atoms with Gasteiger partial charge in [0.05, 0.1) is 0 Å². The summed E-state index contributed by atoms with van der Waals surface area (Å²) in [5.74, 6) is -0.0162. The molecule has 0 aromatic carbocycles. The van der Waals surface area contributed by atoms with E-state index in [-0.39, 0.29) is 11.6 Å². The maximum atomic E-state index is 11.0. The number of hydrogen-bond acceptors (Lipinski definition) is 2. The largest absolute Gasteiger partial charge is 0.295 e. The van der Waals surface area contributed by atoms with Gasteiger partial charge in [0, 0.05) is 6.42 Å². The molecule has 0 saturated heterocycles. The molecule has 0 aromatic rings. The van der Waals surface area contributed by atoms with Gasteiger partial charge in [0.15, 0.2) is 11.6 Å². The molecule has 0 amide bonds. The third-order valence-corrected chi connectivity index (χ3v) is 1.53. The number of allylic oxidation sites excluding steroid dienone is 2. The van der Waals surface area contributed by atoms with E-state index in [0.717, 1.165) is 19.3 Å². The smallest absolute Gasteiger partial charge is 0.155 e. The van der Waals surface area contributed by atoms with E-state index in [9.17, 15) is 9.59 Å². The van der Waals surface area contributed by atoms with Gasteiger partial charge >= 0.3 is 0 Å². The molecule has 0 N–H and O–H groups in total. The van der Waals surface area contributed by atoms with Crippen LogP contribution in [-0.4, -0.2) is 11.6 Å². The summed E-state index contributed by atoms with van der Waals surface area (Å²) in [7, 11) is 0. The summed E-state index contributed by atoms with van der Waals surface area (Å²) >= 11 is 0. The first-order valence-corrected chi connectivity index (χ1v) is 4.38. The zero-order valence-electron chi connectivity index (χ0n) is 7.80. The number of rotatable bonds is 6. The Kier molecular flexibility index (Phi) is 6.25. The number of ketones is 2. The molecule has 0 unspecified atom stereocenters. The van der Waals surface area contributed by atoms with E-state index in [4.69, 9.17) is 0 Å². The molecule has 0 fully saturated rings. The van der Waals surface area contributed by atoms with E-state index in [2.05, 4.69) is 6.92 Å². The van der Waals surface area contributed by atoms with E-state index in [0.29, 0.717) is 6.42 Å². The Hall–Kier alpha value is -0.920. The minimum atomic E-state index is -0.0705. The first-order valence-electron chi connectivity index (χ1n) is 4.38. The van der Waals surface area contributed by atoms with Gasteiger partial charge in [-0.15, -0.1) is 0 Å². The van der Waals surface area contributed by atoms with Crippen LogP contribution in [0.4, 0.5) is 0 Å². The quantitative estimate of drug-likeness (QED) is 0.450. The Bertz CT molecular complexity index is 180. The molecular formula is C10H16O2. The lowest BCUT2D eigenvalue weighted by Crippen LogP contribution is -1.93. The van der Waals surface area contributed by atoms with Crippen molar-refractivity contribution < 1.29 is 9.59 Å². The van der Waals surface area contributed by atoms with Gasteiger partial charge < -0.3 is 0 Å². The summed E-state index contributed by atoms with van der Waals surface area (Å²) in [6.45, 7) is 3.53. The van der Waals surface area contributed by atoms with Gasteiger partial charge in [-0.25, -0.2) is 0 Å². The second-order valence-corrected chi connectivity index (χ2v) is 2.87. The second kappa shape index (κ2) is 6.77. The SMILES string of the molecule is CCCCCC(=O)/C=C\C(C)=O. The Morgan fingerprint density at radius 3 is 2.33 bits per heavy atom. The maximum absolute atomic E-state index is 11.0. The monoisotopic (exact) mass is 168 g/mol. The van der Waals surface area contributed by atoms with Crippen LogP contribution < -0.4 is 0 Å². The van der Waals surface area contributed by atoms with Crippen molar-refractivity contribution in [2.45, 2.75) is 39.5 Å². The lowest BCUT2D eigenvalue weighted by molar-refractivity contribution is -0.116. The van der Waals surface area contributed by atoms with E-state index in [1.165, 1.54) is 19.1 Å². The number of carbonyl (C=O) groups excluding carboxylic acids is 2. The third kappa shape index (κ3) is 7.19. The highest BCUT2D eigenvalue weighted by Crippen LogP contribution is 2.00. The van der Waals surface area contributed by atoms with E-state index >= 15 is 0 Å². The summed E-state index contributed by atoms with van der Waals surface area (Å²) in [5, 5.41) is 0. The summed E-state index contributed by atoms with van der Waals surface area (Å²) in [6, 6.07) is 0. The van der Waals surface area contributed by atoms with Gasteiger partial charge in [0.25, 0.3) is 0 Å². The topological polar surface area (TPSA) is 34.1 Å². The van der Waals surface area contributed by atoms with Crippen LogP contribution in [0.5, 0.6) is 0 Å². The average molecular weight is 168 g/mol. The van der Waals surface area contributed by atoms with Gasteiger partial charge in [-0.1, -0.05) is 19.8 Å². The van der Waals surface area contributed by atoms with Crippen LogP contribution in [0.15, 0.2) is 12.2 Å². The molecule has 0 aliphatic heterocycles. The predicted octanol–water partition coefficient (Wildman–Crippen LogP) is 2.28. The normalized spacial score (nSPS) is 10.5. The molecule has 0 aliphatic rings. The fourth-order valence-electron chi connectivity index (χ4n) is 0.843. The lowest BCUT2D eigenvalue weighted by Gasteiger charge is -1.92. The Morgan fingerprint density at radius 1 is 1.17 bits per heavy atom. The molecule has 0 radical (unpaired) electrons. The predicted molar refractivity (Wildman–Crippen MR) is 49.0 cm³/mol. The number of carbonyl (C=O) groups is 2. The summed E-state index contributed by atoms with van der Waals surface area (Å²) in [6.07, 6.45) is 6.39.